The van der Waals surface area contributed by atoms with E-state index in [1.165, 1.54) is 6.20 Å². The summed E-state index contributed by atoms with van der Waals surface area (Å²) in [7, 11) is 0. The predicted molar refractivity (Wildman–Crippen MR) is 79.2 cm³/mol. The zero-order valence-electron chi connectivity index (χ0n) is 12.7. The number of rotatable bonds is 5. The normalized spacial score (nSPS) is 8.26. The smallest absolute Gasteiger partial charge is 0.252 e. The van der Waals surface area contributed by atoms with Gasteiger partial charge in [0.2, 0.25) is 0 Å². The number of nitrogens with zero attached hydrogens (tertiary/aromatic N) is 1. The van der Waals surface area contributed by atoms with Crippen molar-refractivity contribution in [1.29, 1.82) is 0 Å². The number of hydrogen-bond acceptors (Lipinski definition) is 3. The van der Waals surface area contributed by atoms with Gasteiger partial charge in [-0.1, -0.05) is 27.7 Å². The Balaban J connectivity index is 0. The average molecular weight is 266 g/mol. The van der Waals surface area contributed by atoms with Crippen LogP contribution in [-0.4, -0.2) is 23.2 Å². The molecule has 0 fully saturated rings. The van der Waals surface area contributed by atoms with Gasteiger partial charge in [0.15, 0.2) is 0 Å². The van der Waals surface area contributed by atoms with Crippen molar-refractivity contribution in [2.45, 2.75) is 47.5 Å². The number of aromatic nitrogens is 1. The zero-order valence-corrected chi connectivity index (χ0v) is 12.7. The number of pyridine rings is 1. The van der Waals surface area contributed by atoms with E-state index in [2.05, 4.69) is 10.3 Å². The topological polar surface area (TPSA) is 59.1 Å². The number of carbonyl (C=O) groups is 2. The Morgan fingerprint density at radius 3 is 2.32 bits per heavy atom. The predicted octanol–water partition coefficient (Wildman–Crippen LogP) is 3.23. The summed E-state index contributed by atoms with van der Waals surface area (Å²) in [6, 6.07) is 3.41. The minimum absolute atomic E-state index is 0.144. The molecule has 0 aromatic carbocycles. The second-order valence-electron chi connectivity index (χ2n) is 3.30. The molecule has 4 heteroatoms. The third-order valence-electron chi connectivity index (χ3n) is 1.91. The maximum Gasteiger partial charge on any atom is 0.252 e. The maximum atomic E-state index is 11.5. The minimum atomic E-state index is -0.147. The highest BCUT2D eigenvalue weighted by Crippen LogP contribution is 1.95. The van der Waals surface area contributed by atoms with Crippen molar-refractivity contribution >= 4 is 11.7 Å². The summed E-state index contributed by atoms with van der Waals surface area (Å²) in [4.78, 5) is 25.9. The van der Waals surface area contributed by atoms with E-state index < -0.39 is 0 Å². The van der Waals surface area contributed by atoms with E-state index in [1.807, 2.05) is 27.7 Å². The Morgan fingerprint density at radius 2 is 1.84 bits per heavy atom. The summed E-state index contributed by atoms with van der Waals surface area (Å²) in [6.45, 7) is 10.1. The van der Waals surface area contributed by atoms with E-state index in [0.29, 0.717) is 24.9 Å². The van der Waals surface area contributed by atoms with Crippen LogP contribution in [0.25, 0.3) is 0 Å². The van der Waals surface area contributed by atoms with Crippen molar-refractivity contribution in [2.75, 3.05) is 6.54 Å². The summed E-state index contributed by atoms with van der Waals surface area (Å²) in [6.07, 6.45) is 4.32. The molecule has 0 spiro atoms. The lowest BCUT2D eigenvalue weighted by Crippen LogP contribution is -2.24. The first kappa shape index (κ1) is 19.6. The molecule has 0 bridgehead atoms. The van der Waals surface area contributed by atoms with Crippen LogP contribution in [0.2, 0.25) is 0 Å². The molecule has 0 aliphatic rings. The quantitative estimate of drug-likeness (QED) is 0.832. The van der Waals surface area contributed by atoms with Crippen LogP contribution in [-0.2, 0) is 4.79 Å². The van der Waals surface area contributed by atoms with E-state index in [9.17, 15) is 9.59 Å². The maximum absolute atomic E-state index is 11.5. The molecule has 19 heavy (non-hydrogen) atoms. The van der Waals surface area contributed by atoms with Crippen molar-refractivity contribution in [1.82, 2.24) is 10.3 Å². The van der Waals surface area contributed by atoms with Gasteiger partial charge in [-0.15, -0.1) is 0 Å². The molecule has 1 heterocycles. The van der Waals surface area contributed by atoms with Crippen LogP contribution in [0, 0.1) is 0 Å². The summed E-state index contributed by atoms with van der Waals surface area (Å²) in [5.41, 5.74) is 0.542. The van der Waals surface area contributed by atoms with Gasteiger partial charge in [0.1, 0.15) is 5.78 Å². The SMILES string of the molecule is CC.CC.CC(=O)CCCNC(=O)c1cccnc1. The van der Waals surface area contributed by atoms with E-state index in [1.54, 1.807) is 25.3 Å². The number of carbonyl (C=O) groups excluding carboxylic acids is 2. The Hall–Kier alpha value is -1.71. The van der Waals surface area contributed by atoms with Crippen LogP contribution >= 0.6 is 0 Å². The molecule has 1 aromatic rings. The van der Waals surface area contributed by atoms with Crippen LogP contribution < -0.4 is 5.32 Å². The van der Waals surface area contributed by atoms with Crippen LogP contribution in [0.4, 0.5) is 0 Å². The summed E-state index contributed by atoms with van der Waals surface area (Å²) in [5.74, 6) is -0.00252. The Bertz CT molecular complexity index is 337. The lowest BCUT2D eigenvalue weighted by molar-refractivity contribution is -0.117. The second kappa shape index (κ2) is 14.4. The molecule has 1 rings (SSSR count). The van der Waals surface area contributed by atoms with Gasteiger partial charge in [-0.2, -0.15) is 0 Å². The van der Waals surface area contributed by atoms with Crippen LogP contribution in [0.5, 0.6) is 0 Å². The first-order valence-electron chi connectivity index (χ1n) is 6.88. The number of Topliss-reactive ketones (excluding diaryl/α,β-unsaturated/α-hetero) is 1. The van der Waals surface area contributed by atoms with Gasteiger partial charge in [0.05, 0.1) is 5.56 Å². The van der Waals surface area contributed by atoms with Crippen molar-refractivity contribution < 1.29 is 9.59 Å². The monoisotopic (exact) mass is 266 g/mol. The molecule has 0 aliphatic carbocycles. The number of hydrogen-bond donors (Lipinski definition) is 1. The van der Waals surface area contributed by atoms with Crippen LogP contribution in [0.1, 0.15) is 57.8 Å². The fourth-order valence-corrected chi connectivity index (χ4v) is 1.14. The molecule has 0 atom stereocenters. The molecule has 1 N–H and O–H groups in total. The van der Waals surface area contributed by atoms with E-state index in [4.69, 9.17) is 0 Å². The number of nitrogens with one attached hydrogen (secondary N) is 1. The Morgan fingerprint density at radius 1 is 1.21 bits per heavy atom. The standard InChI is InChI=1S/C11H14N2O2.2C2H6/c1-9(14)4-2-7-13-11(15)10-5-3-6-12-8-10;2*1-2/h3,5-6,8H,2,4,7H2,1H3,(H,13,15);2*1-2H3. The van der Waals surface area contributed by atoms with Gasteiger partial charge in [-0.05, 0) is 25.5 Å². The first-order chi connectivity index (χ1) is 9.20. The number of ketones is 1. The van der Waals surface area contributed by atoms with Crippen LogP contribution in [0.3, 0.4) is 0 Å². The molecule has 0 saturated carbocycles. The van der Waals surface area contributed by atoms with Gasteiger partial charge in [0.25, 0.3) is 5.91 Å². The molecule has 0 radical (unpaired) electrons. The molecule has 0 saturated heterocycles. The van der Waals surface area contributed by atoms with Gasteiger partial charge >= 0.3 is 0 Å². The lowest BCUT2D eigenvalue weighted by Gasteiger charge is -2.03. The Kier molecular flexibility index (Phi) is 14.8. The molecule has 1 aromatic heterocycles. The molecule has 1 amide bonds. The lowest BCUT2D eigenvalue weighted by atomic mass is 10.2. The van der Waals surface area contributed by atoms with Gasteiger partial charge in [-0.3, -0.25) is 9.78 Å². The zero-order chi connectivity index (χ0) is 15.1. The molecule has 4 nitrogen and oxygen atoms in total. The van der Waals surface area contributed by atoms with E-state index in [0.717, 1.165) is 0 Å². The van der Waals surface area contributed by atoms with Crippen molar-refractivity contribution in [2.24, 2.45) is 0 Å². The highest BCUT2D eigenvalue weighted by molar-refractivity contribution is 5.93. The van der Waals surface area contributed by atoms with Crippen LogP contribution in [0.15, 0.2) is 24.5 Å². The highest BCUT2D eigenvalue weighted by Gasteiger charge is 2.03. The molecule has 108 valence electrons. The number of amides is 1. The largest absolute Gasteiger partial charge is 0.352 e. The molecular weight excluding hydrogens is 240 g/mol. The Labute approximate surface area is 116 Å². The van der Waals surface area contributed by atoms with Gasteiger partial charge < -0.3 is 10.1 Å². The fourth-order valence-electron chi connectivity index (χ4n) is 1.14. The van der Waals surface area contributed by atoms with Gasteiger partial charge in [0, 0.05) is 25.4 Å². The van der Waals surface area contributed by atoms with Gasteiger partial charge in [-0.25, -0.2) is 0 Å². The minimum Gasteiger partial charge on any atom is -0.352 e. The van der Waals surface area contributed by atoms with Crippen molar-refractivity contribution in [3.05, 3.63) is 30.1 Å². The molecule has 0 aliphatic heterocycles. The van der Waals surface area contributed by atoms with Crippen molar-refractivity contribution in [3.63, 3.8) is 0 Å². The van der Waals surface area contributed by atoms with E-state index >= 15 is 0 Å². The van der Waals surface area contributed by atoms with E-state index in [-0.39, 0.29) is 11.7 Å². The molecule has 0 unspecified atom stereocenters. The summed E-state index contributed by atoms with van der Waals surface area (Å²) >= 11 is 0. The summed E-state index contributed by atoms with van der Waals surface area (Å²) in [5, 5.41) is 2.72. The first-order valence-corrected chi connectivity index (χ1v) is 6.88. The average Bonchev–Trinajstić information content (AvgIpc) is 2.48. The second-order valence-corrected chi connectivity index (χ2v) is 3.30. The fraction of sp³-hybridized carbons (Fsp3) is 0.533. The highest BCUT2D eigenvalue weighted by atomic mass is 16.1. The van der Waals surface area contributed by atoms with Crippen molar-refractivity contribution in [3.8, 4) is 0 Å². The summed E-state index contributed by atoms with van der Waals surface area (Å²) < 4.78 is 0. The molecular formula is C15H26N2O2. The third-order valence-corrected chi connectivity index (χ3v) is 1.91. The third kappa shape index (κ3) is 11.1.